The van der Waals surface area contributed by atoms with Gasteiger partial charge in [-0.3, -0.25) is 19.6 Å². The van der Waals surface area contributed by atoms with Crippen molar-refractivity contribution in [2.75, 3.05) is 0 Å². The molecule has 1 amide bonds. The molecule has 0 spiro atoms. The van der Waals surface area contributed by atoms with Crippen LogP contribution < -0.4 is 10.9 Å². The smallest absolute Gasteiger partial charge is 0.260 e. The topological polar surface area (TPSA) is 76.9 Å². The number of carbonyl (C=O) groups excluding carboxylic acids is 1. The summed E-state index contributed by atoms with van der Waals surface area (Å²) >= 11 is 5.89. The lowest BCUT2D eigenvalue weighted by molar-refractivity contribution is 0.0950. The molecule has 0 fully saturated rings. The van der Waals surface area contributed by atoms with Gasteiger partial charge in [-0.2, -0.15) is 0 Å². The fourth-order valence-corrected chi connectivity index (χ4v) is 3.35. The van der Waals surface area contributed by atoms with E-state index in [4.69, 9.17) is 11.6 Å². The molecule has 4 aromatic rings. The minimum Gasteiger partial charge on any atom is -0.348 e. The van der Waals surface area contributed by atoms with Crippen molar-refractivity contribution >= 4 is 28.4 Å². The summed E-state index contributed by atoms with van der Waals surface area (Å²) in [6, 6.07) is 14.4. The molecule has 0 bridgehead atoms. The number of aryl methyl sites for hydroxylation is 1. The van der Waals surface area contributed by atoms with Crippen molar-refractivity contribution in [1.29, 1.82) is 0 Å². The second kappa shape index (κ2) is 8.47. The van der Waals surface area contributed by atoms with Crippen LogP contribution in [0.5, 0.6) is 0 Å². The zero-order chi connectivity index (χ0) is 21.1. The molecule has 0 unspecified atom stereocenters. The molecule has 0 aliphatic carbocycles. The van der Waals surface area contributed by atoms with E-state index in [0.717, 1.165) is 11.1 Å². The Kier molecular flexibility index (Phi) is 5.59. The molecule has 7 heteroatoms. The lowest BCUT2D eigenvalue weighted by atomic mass is 10.1. The maximum absolute atomic E-state index is 13.0. The van der Waals surface area contributed by atoms with Crippen LogP contribution in [-0.4, -0.2) is 20.4 Å². The molecule has 0 radical (unpaired) electrons. The maximum atomic E-state index is 13.0. The molecule has 1 N–H and O–H groups in total. The Hall–Kier alpha value is -3.51. The van der Waals surface area contributed by atoms with Gasteiger partial charge in [-0.05, 0) is 48.4 Å². The molecule has 1 aromatic carbocycles. The SMILES string of the molecule is Cc1nc2ccn(Cc3cccnc3)c(=O)c2cc1C(=O)NCc1ccc(Cl)cc1. The summed E-state index contributed by atoms with van der Waals surface area (Å²) in [6.07, 6.45) is 5.12. The van der Waals surface area contributed by atoms with Crippen molar-refractivity contribution in [2.45, 2.75) is 20.0 Å². The van der Waals surface area contributed by atoms with Gasteiger partial charge < -0.3 is 9.88 Å². The number of carbonyl (C=O) groups is 1. The van der Waals surface area contributed by atoms with Gasteiger partial charge >= 0.3 is 0 Å². The van der Waals surface area contributed by atoms with Gasteiger partial charge in [-0.15, -0.1) is 0 Å². The molecule has 30 heavy (non-hydrogen) atoms. The molecule has 0 aliphatic heterocycles. The maximum Gasteiger partial charge on any atom is 0.260 e. The first-order chi connectivity index (χ1) is 14.5. The summed E-state index contributed by atoms with van der Waals surface area (Å²) in [4.78, 5) is 34.3. The number of pyridine rings is 3. The van der Waals surface area contributed by atoms with E-state index >= 15 is 0 Å². The first kappa shape index (κ1) is 19.8. The van der Waals surface area contributed by atoms with Crippen LogP contribution in [0.2, 0.25) is 5.02 Å². The normalized spacial score (nSPS) is 10.9. The number of benzene rings is 1. The molecular weight excluding hydrogens is 400 g/mol. The van der Waals surface area contributed by atoms with Gasteiger partial charge in [0, 0.05) is 30.2 Å². The summed E-state index contributed by atoms with van der Waals surface area (Å²) < 4.78 is 1.59. The predicted molar refractivity (Wildman–Crippen MR) is 117 cm³/mol. The summed E-state index contributed by atoms with van der Waals surface area (Å²) in [5.74, 6) is -0.279. The standard InChI is InChI=1S/C23H19ClN4O2/c1-15-19(22(29)26-13-16-4-6-18(24)7-5-16)11-20-21(27-15)8-10-28(23(20)30)14-17-3-2-9-25-12-17/h2-12H,13-14H2,1H3,(H,26,29). The quantitative estimate of drug-likeness (QED) is 0.535. The molecule has 6 nitrogen and oxygen atoms in total. The third kappa shape index (κ3) is 4.23. The number of hydrogen-bond acceptors (Lipinski definition) is 4. The number of amides is 1. The van der Waals surface area contributed by atoms with Crippen molar-refractivity contribution in [2.24, 2.45) is 0 Å². The molecule has 0 aliphatic rings. The Morgan fingerprint density at radius 2 is 1.93 bits per heavy atom. The number of rotatable bonds is 5. The number of aromatic nitrogens is 3. The lowest BCUT2D eigenvalue weighted by Crippen LogP contribution is -2.25. The van der Waals surface area contributed by atoms with Crippen LogP contribution in [0.15, 0.2) is 71.9 Å². The second-order valence-electron chi connectivity index (χ2n) is 6.97. The summed E-state index contributed by atoms with van der Waals surface area (Å²) in [5, 5.41) is 3.92. The average Bonchev–Trinajstić information content (AvgIpc) is 2.75. The predicted octanol–water partition coefficient (Wildman–Crippen LogP) is 3.73. The van der Waals surface area contributed by atoms with E-state index in [-0.39, 0.29) is 11.5 Å². The van der Waals surface area contributed by atoms with Crippen molar-refractivity contribution in [3.8, 4) is 0 Å². The highest BCUT2D eigenvalue weighted by Gasteiger charge is 2.14. The van der Waals surface area contributed by atoms with Crippen molar-refractivity contribution in [3.05, 3.63) is 105 Å². The average molecular weight is 419 g/mol. The minimum atomic E-state index is -0.279. The third-order valence-corrected chi connectivity index (χ3v) is 5.08. The van der Waals surface area contributed by atoms with Crippen molar-refractivity contribution in [3.63, 3.8) is 0 Å². The van der Waals surface area contributed by atoms with Gasteiger partial charge in [-0.1, -0.05) is 29.8 Å². The van der Waals surface area contributed by atoms with E-state index in [1.54, 1.807) is 54.3 Å². The number of fused-ring (bicyclic) bond motifs is 1. The first-order valence-corrected chi connectivity index (χ1v) is 9.81. The molecule has 0 saturated heterocycles. The molecule has 3 heterocycles. The highest BCUT2D eigenvalue weighted by atomic mass is 35.5. The lowest BCUT2D eigenvalue weighted by Gasteiger charge is -2.11. The van der Waals surface area contributed by atoms with Gasteiger partial charge in [0.05, 0.1) is 28.7 Å². The summed E-state index contributed by atoms with van der Waals surface area (Å²) in [7, 11) is 0. The van der Waals surface area contributed by atoms with Gasteiger partial charge in [0.15, 0.2) is 0 Å². The number of nitrogens with zero attached hydrogens (tertiary/aromatic N) is 3. The van der Waals surface area contributed by atoms with Gasteiger partial charge in [0.2, 0.25) is 0 Å². The molecule has 0 atom stereocenters. The highest BCUT2D eigenvalue weighted by Crippen LogP contribution is 2.15. The van der Waals surface area contributed by atoms with Crippen molar-refractivity contribution < 1.29 is 4.79 Å². The van der Waals surface area contributed by atoms with Gasteiger partial charge in [-0.25, -0.2) is 0 Å². The summed E-state index contributed by atoms with van der Waals surface area (Å²) in [5.41, 5.74) is 3.16. The minimum absolute atomic E-state index is 0.199. The summed E-state index contributed by atoms with van der Waals surface area (Å²) in [6.45, 7) is 2.51. The van der Waals surface area contributed by atoms with Crippen molar-refractivity contribution in [1.82, 2.24) is 19.9 Å². The van der Waals surface area contributed by atoms with Crippen LogP contribution in [0.25, 0.3) is 10.9 Å². The van der Waals surface area contributed by atoms with E-state index < -0.39 is 0 Å². The van der Waals surface area contributed by atoms with Crippen LogP contribution in [-0.2, 0) is 13.1 Å². The molecule has 150 valence electrons. The molecular formula is C23H19ClN4O2. The number of nitrogens with one attached hydrogen (secondary N) is 1. The fraction of sp³-hybridized carbons (Fsp3) is 0.130. The van der Waals surface area contributed by atoms with E-state index in [9.17, 15) is 9.59 Å². The van der Waals surface area contributed by atoms with Crippen LogP contribution >= 0.6 is 11.6 Å². The van der Waals surface area contributed by atoms with E-state index in [0.29, 0.717) is 40.3 Å². The Balaban J connectivity index is 1.62. The molecule has 4 rings (SSSR count). The van der Waals surface area contributed by atoms with Crippen LogP contribution in [0, 0.1) is 6.92 Å². The van der Waals surface area contributed by atoms with E-state index in [1.807, 2.05) is 24.3 Å². The van der Waals surface area contributed by atoms with Crippen LogP contribution in [0.3, 0.4) is 0 Å². The molecule has 3 aromatic heterocycles. The fourth-order valence-electron chi connectivity index (χ4n) is 3.23. The number of halogens is 1. The van der Waals surface area contributed by atoms with Crippen LogP contribution in [0.1, 0.15) is 27.2 Å². The molecule has 0 saturated carbocycles. The Labute approximate surface area is 178 Å². The monoisotopic (exact) mass is 418 g/mol. The Morgan fingerprint density at radius 1 is 1.13 bits per heavy atom. The second-order valence-corrected chi connectivity index (χ2v) is 7.41. The van der Waals surface area contributed by atoms with Gasteiger partial charge in [0.25, 0.3) is 11.5 Å². The third-order valence-electron chi connectivity index (χ3n) is 4.83. The largest absolute Gasteiger partial charge is 0.348 e. The zero-order valence-electron chi connectivity index (χ0n) is 16.3. The Morgan fingerprint density at radius 3 is 2.67 bits per heavy atom. The Bertz CT molecular complexity index is 1270. The van der Waals surface area contributed by atoms with Gasteiger partial charge in [0.1, 0.15) is 0 Å². The van der Waals surface area contributed by atoms with Crippen LogP contribution in [0.4, 0.5) is 0 Å². The van der Waals surface area contributed by atoms with E-state index in [2.05, 4.69) is 15.3 Å². The first-order valence-electron chi connectivity index (χ1n) is 9.43. The number of hydrogen-bond donors (Lipinski definition) is 1. The highest BCUT2D eigenvalue weighted by molar-refractivity contribution is 6.30. The van der Waals surface area contributed by atoms with E-state index in [1.165, 1.54) is 0 Å². The zero-order valence-corrected chi connectivity index (χ0v) is 17.1.